The Kier molecular flexibility index (Phi) is 6.74. The van der Waals surface area contributed by atoms with Crippen LogP contribution in [0.2, 0.25) is 0 Å². The summed E-state index contributed by atoms with van der Waals surface area (Å²) in [7, 11) is 0. The average Bonchev–Trinajstić information content (AvgIpc) is 2.67. The molecule has 146 valence electrons. The van der Waals surface area contributed by atoms with Gasteiger partial charge in [-0.05, 0) is 30.2 Å². The SMILES string of the molecule is FC(F)(F)c1cccc(OCCCN2CCN(Cc3ccccc3)CC2)c1. The summed E-state index contributed by atoms with van der Waals surface area (Å²) in [5.41, 5.74) is 0.662. The van der Waals surface area contributed by atoms with Gasteiger partial charge in [0.15, 0.2) is 0 Å². The van der Waals surface area contributed by atoms with Crippen molar-refractivity contribution < 1.29 is 17.9 Å². The number of halogens is 3. The number of hydrogen-bond acceptors (Lipinski definition) is 3. The third-order valence-electron chi connectivity index (χ3n) is 4.76. The van der Waals surface area contributed by atoms with Crippen molar-refractivity contribution in [2.24, 2.45) is 0 Å². The van der Waals surface area contributed by atoms with E-state index in [-0.39, 0.29) is 5.75 Å². The highest BCUT2D eigenvalue weighted by Crippen LogP contribution is 2.31. The average molecular weight is 378 g/mol. The molecular formula is C21H25F3N2O. The Bertz CT molecular complexity index is 698. The fraction of sp³-hybridized carbons (Fsp3) is 0.429. The Morgan fingerprint density at radius 2 is 1.56 bits per heavy atom. The molecule has 0 unspecified atom stereocenters. The van der Waals surface area contributed by atoms with Gasteiger partial charge in [-0.1, -0.05) is 36.4 Å². The zero-order valence-electron chi connectivity index (χ0n) is 15.3. The molecule has 2 aromatic rings. The number of nitrogens with zero attached hydrogens (tertiary/aromatic N) is 2. The third-order valence-corrected chi connectivity index (χ3v) is 4.76. The zero-order chi connectivity index (χ0) is 19.1. The van der Waals surface area contributed by atoms with Gasteiger partial charge in [-0.2, -0.15) is 13.2 Å². The quantitative estimate of drug-likeness (QED) is 0.669. The molecule has 0 amide bonds. The highest BCUT2D eigenvalue weighted by Gasteiger charge is 2.30. The normalized spacial score (nSPS) is 16.4. The number of benzene rings is 2. The molecule has 3 nitrogen and oxygen atoms in total. The molecule has 0 N–H and O–H groups in total. The van der Waals surface area contributed by atoms with Gasteiger partial charge < -0.3 is 9.64 Å². The largest absolute Gasteiger partial charge is 0.494 e. The molecule has 0 aromatic heterocycles. The second-order valence-electron chi connectivity index (χ2n) is 6.83. The minimum atomic E-state index is -4.33. The standard InChI is InChI=1S/C21H25F3N2O/c22-21(23,24)19-8-4-9-20(16-19)27-15-5-10-25-11-13-26(14-12-25)17-18-6-2-1-3-7-18/h1-4,6-9,16H,5,10-15,17H2. The van der Waals surface area contributed by atoms with Crippen LogP contribution in [0.3, 0.4) is 0 Å². The maximum atomic E-state index is 12.7. The summed E-state index contributed by atoms with van der Waals surface area (Å²) < 4.78 is 43.6. The van der Waals surface area contributed by atoms with E-state index >= 15 is 0 Å². The number of piperazine rings is 1. The molecule has 0 radical (unpaired) electrons. The van der Waals surface area contributed by atoms with E-state index in [0.717, 1.165) is 57.8 Å². The summed E-state index contributed by atoms with van der Waals surface area (Å²) in [4.78, 5) is 4.84. The van der Waals surface area contributed by atoms with Gasteiger partial charge in [0.25, 0.3) is 0 Å². The van der Waals surface area contributed by atoms with E-state index in [0.29, 0.717) is 6.61 Å². The first-order chi connectivity index (χ1) is 13.0. The summed E-state index contributed by atoms with van der Waals surface area (Å²) in [5.74, 6) is 0.275. The Hall–Kier alpha value is -2.05. The molecule has 1 saturated heterocycles. The van der Waals surface area contributed by atoms with E-state index in [9.17, 15) is 13.2 Å². The van der Waals surface area contributed by atoms with Gasteiger partial charge in [0, 0.05) is 39.3 Å². The molecule has 0 saturated carbocycles. The maximum absolute atomic E-state index is 12.7. The van der Waals surface area contributed by atoms with Crippen molar-refractivity contribution in [2.75, 3.05) is 39.3 Å². The van der Waals surface area contributed by atoms with E-state index in [1.165, 1.54) is 11.6 Å². The van der Waals surface area contributed by atoms with E-state index < -0.39 is 11.7 Å². The van der Waals surface area contributed by atoms with Crippen LogP contribution in [0.25, 0.3) is 0 Å². The topological polar surface area (TPSA) is 15.7 Å². The van der Waals surface area contributed by atoms with Crippen LogP contribution in [-0.2, 0) is 12.7 Å². The van der Waals surface area contributed by atoms with Crippen molar-refractivity contribution in [1.29, 1.82) is 0 Å². The fourth-order valence-corrected chi connectivity index (χ4v) is 3.25. The van der Waals surface area contributed by atoms with E-state index in [4.69, 9.17) is 4.74 Å². The van der Waals surface area contributed by atoms with E-state index in [1.807, 2.05) is 6.07 Å². The molecule has 6 heteroatoms. The first kappa shape index (κ1) is 19.7. The summed E-state index contributed by atoms with van der Waals surface area (Å²) in [6, 6.07) is 15.5. The Morgan fingerprint density at radius 3 is 2.26 bits per heavy atom. The van der Waals surface area contributed by atoms with Gasteiger partial charge in [-0.3, -0.25) is 4.90 Å². The lowest BCUT2D eigenvalue weighted by atomic mass is 10.2. The van der Waals surface area contributed by atoms with Gasteiger partial charge in [0.05, 0.1) is 12.2 Å². The summed E-state index contributed by atoms with van der Waals surface area (Å²) in [6.07, 6.45) is -3.53. The lowest BCUT2D eigenvalue weighted by Gasteiger charge is -2.34. The molecule has 1 heterocycles. The zero-order valence-corrected chi connectivity index (χ0v) is 15.3. The molecule has 3 rings (SSSR count). The number of ether oxygens (including phenoxy) is 1. The van der Waals surface area contributed by atoms with Crippen molar-refractivity contribution in [3.05, 3.63) is 65.7 Å². The monoisotopic (exact) mass is 378 g/mol. The Labute approximate surface area is 158 Å². The van der Waals surface area contributed by atoms with Gasteiger partial charge >= 0.3 is 6.18 Å². The second-order valence-corrected chi connectivity index (χ2v) is 6.83. The summed E-state index contributed by atoms with van der Waals surface area (Å²) in [6.45, 7) is 6.39. The Balaban J connectivity index is 1.34. The van der Waals surface area contributed by atoms with Crippen LogP contribution in [-0.4, -0.2) is 49.1 Å². The van der Waals surface area contributed by atoms with Crippen molar-refractivity contribution in [3.63, 3.8) is 0 Å². The van der Waals surface area contributed by atoms with Crippen LogP contribution in [0.15, 0.2) is 54.6 Å². The molecule has 0 bridgehead atoms. The second kappa shape index (κ2) is 9.24. The third kappa shape index (κ3) is 6.26. The highest BCUT2D eigenvalue weighted by molar-refractivity contribution is 5.30. The molecule has 1 aliphatic heterocycles. The minimum Gasteiger partial charge on any atom is -0.494 e. The van der Waals surface area contributed by atoms with Gasteiger partial charge in [-0.25, -0.2) is 0 Å². The molecule has 0 aliphatic carbocycles. The van der Waals surface area contributed by atoms with Crippen molar-refractivity contribution in [3.8, 4) is 5.75 Å². The van der Waals surface area contributed by atoms with Crippen LogP contribution < -0.4 is 4.74 Å². The van der Waals surface area contributed by atoms with Crippen molar-refractivity contribution in [2.45, 2.75) is 19.1 Å². The smallest absolute Gasteiger partial charge is 0.416 e. The molecule has 27 heavy (non-hydrogen) atoms. The molecule has 2 aromatic carbocycles. The predicted molar refractivity (Wildman–Crippen MR) is 99.7 cm³/mol. The Morgan fingerprint density at radius 1 is 0.852 bits per heavy atom. The first-order valence-corrected chi connectivity index (χ1v) is 9.29. The van der Waals surface area contributed by atoms with Crippen LogP contribution in [0.1, 0.15) is 17.5 Å². The van der Waals surface area contributed by atoms with Gasteiger partial charge in [0.1, 0.15) is 5.75 Å². The van der Waals surface area contributed by atoms with Crippen LogP contribution in [0.4, 0.5) is 13.2 Å². The van der Waals surface area contributed by atoms with Gasteiger partial charge in [0.2, 0.25) is 0 Å². The lowest BCUT2D eigenvalue weighted by Crippen LogP contribution is -2.46. The van der Waals surface area contributed by atoms with Gasteiger partial charge in [-0.15, -0.1) is 0 Å². The fourth-order valence-electron chi connectivity index (χ4n) is 3.25. The molecule has 0 spiro atoms. The number of rotatable bonds is 7. The van der Waals surface area contributed by atoms with Crippen LogP contribution in [0.5, 0.6) is 5.75 Å². The summed E-state index contributed by atoms with van der Waals surface area (Å²) >= 11 is 0. The lowest BCUT2D eigenvalue weighted by molar-refractivity contribution is -0.137. The van der Waals surface area contributed by atoms with E-state index in [2.05, 4.69) is 34.1 Å². The maximum Gasteiger partial charge on any atom is 0.416 e. The van der Waals surface area contributed by atoms with Crippen molar-refractivity contribution >= 4 is 0 Å². The minimum absolute atomic E-state index is 0.275. The first-order valence-electron chi connectivity index (χ1n) is 9.29. The number of alkyl halides is 3. The van der Waals surface area contributed by atoms with E-state index in [1.54, 1.807) is 6.07 Å². The van der Waals surface area contributed by atoms with Crippen molar-refractivity contribution in [1.82, 2.24) is 9.80 Å². The number of hydrogen-bond donors (Lipinski definition) is 0. The molecular weight excluding hydrogens is 353 g/mol. The molecule has 0 atom stereocenters. The predicted octanol–water partition coefficient (Wildman–Crippen LogP) is 4.29. The summed E-state index contributed by atoms with van der Waals surface area (Å²) in [5, 5.41) is 0. The molecule has 1 fully saturated rings. The van der Waals surface area contributed by atoms with Crippen LogP contribution >= 0.6 is 0 Å². The highest BCUT2D eigenvalue weighted by atomic mass is 19.4. The molecule has 1 aliphatic rings. The van der Waals surface area contributed by atoms with Crippen LogP contribution in [0, 0.1) is 0 Å².